The van der Waals surface area contributed by atoms with E-state index < -0.39 is 0 Å². The van der Waals surface area contributed by atoms with E-state index in [0.29, 0.717) is 0 Å². The molecule has 3 rings (SSSR count). The molecule has 2 heteroatoms. The first-order valence-corrected chi connectivity index (χ1v) is 6.26. The summed E-state index contributed by atoms with van der Waals surface area (Å²) in [4.78, 5) is 2.35. The van der Waals surface area contributed by atoms with Crippen LogP contribution in [0.15, 0.2) is 42.5 Å². The second-order valence-electron chi connectivity index (χ2n) is 4.79. The van der Waals surface area contributed by atoms with Crippen LogP contribution < -0.4 is 0 Å². The Hall–Kier alpha value is -1.67. The summed E-state index contributed by atoms with van der Waals surface area (Å²) in [5.41, 5.74) is 3.81. The molecule has 1 nitrogen and oxygen atoms in total. The van der Waals surface area contributed by atoms with E-state index in [1.54, 1.807) is 12.1 Å². The molecule has 2 aromatic rings. The van der Waals surface area contributed by atoms with Crippen molar-refractivity contribution in [2.75, 3.05) is 6.54 Å². The Bertz CT molecular complexity index is 550. The van der Waals surface area contributed by atoms with Gasteiger partial charge >= 0.3 is 0 Å². The monoisotopic (exact) mass is 240 g/mol. The second-order valence-corrected chi connectivity index (χ2v) is 4.79. The van der Waals surface area contributed by atoms with Crippen molar-refractivity contribution in [2.45, 2.75) is 19.5 Å². The number of benzene rings is 2. The van der Waals surface area contributed by atoms with Crippen LogP contribution in [-0.4, -0.2) is 11.4 Å². The number of nitrogens with zero attached hydrogens (tertiary/aromatic N) is 1. The lowest BCUT2D eigenvalue weighted by Gasteiger charge is -2.28. The fraction of sp³-hybridized carbons (Fsp3) is 0.250. The van der Waals surface area contributed by atoms with Crippen LogP contribution in [0.4, 0.5) is 4.39 Å². The van der Waals surface area contributed by atoms with Crippen LogP contribution in [0.5, 0.6) is 0 Å². The molecule has 18 heavy (non-hydrogen) atoms. The lowest BCUT2D eigenvalue weighted by atomic mass is 9.99. The number of rotatable bonds is 2. The standard InChI is InChI=1S/C16H15FN/c17-16-7-3-4-13(10-16)11-18-9-8-14-5-1-2-6-15(14)12-18/h1,3-7,10H,8-9,11-12H2. The average molecular weight is 240 g/mol. The van der Waals surface area contributed by atoms with E-state index in [9.17, 15) is 4.39 Å². The predicted molar refractivity (Wildman–Crippen MR) is 69.5 cm³/mol. The first-order chi connectivity index (χ1) is 8.81. The van der Waals surface area contributed by atoms with Crippen molar-refractivity contribution in [1.82, 2.24) is 4.90 Å². The summed E-state index contributed by atoms with van der Waals surface area (Å²) >= 11 is 0. The van der Waals surface area contributed by atoms with Gasteiger partial charge in [-0.1, -0.05) is 24.3 Å². The van der Waals surface area contributed by atoms with Gasteiger partial charge in [0.25, 0.3) is 0 Å². The summed E-state index contributed by atoms with van der Waals surface area (Å²) in [6.45, 7) is 2.78. The normalized spacial score (nSPS) is 15.4. The molecule has 0 bridgehead atoms. The third-order valence-electron chi connectivity index (χ3n) is 3.44. The Morgan fingerprint density at radius 1 is 1.22 bits per heavy atom. The van der Waals surface area contributed by atoms with Gasteiger partial charge in [-0.3, -0.25) is 4.90 Å². The van der Waals surface area contributed by atoms with Gasteiger partial charge in [0.1, 0.15) is 5.82 Å². The fourth-order valence-corrected chi connectivity index (χ4v) is 2.52. The zero-order valence-corrected chi connectivity index (χ0v) is 10.2. The van der Waals surface area contributed by atoms with Crippen LogP contribution in [0.1, 0.15) is 16.7 Å². The Balaban J connectivity index is 1.73. The van der Waals surface area contributed by atoms with Gasteiger partial charge in [-0.25, -0.2) is 4.39 Å². The van der Waals surface area contributed by atoms with Gasteiger partial charge in [-0.15, -0.1) is 0 Å². The number of hydrogen-bond donors (Lipinski definition) is 0. The summed E-state index contributed by atoms with van der Waals surface area (Å²) in [7, 11) is 0. The van der Waals surface area contributed by atoms with Gasteiger partial charge < -0.3 is 0 Å². The Kier molecular flexibility index (Phi) is 3.11. The van der Waals surface area contributed by atoms with Crippen LogP contribution in [0.3, 0.4) is 0 Å². The molecule has 0 saturated heterocycles. The fourth-order valence-electron chi connectivity index (χ4n) is 2.52. The largest absolute Gasteiger partial charge is 0.294 e. The molecule has 0 saturated carbocycles. The van der Waals surface area contributed by atoms with Gasteiger partial charge in [0.15, 0.2) is 0 Å². The molecule has 1 aliphatic rings. The van der Waals surface area contributed by atoms with Crippen molar-refractivity contribution in [3.63, 3.8) is 0 Å². The minimum Gasteiger partial charge on any atom is -0.294 e. The van der Waals surface area contributed by atoms with E-state index in [1.165, 1.54) is 17.2 Å². The molecule has 0 spiro atoms. The first-order valence-electron chi connectivity index (χ1n) is 6.26. The molecule has 0 atom stereocenters. The molecule has 91 valence electrons. The Morgan fingerprint density at radius 2 is 2.17 bits per heavy atom. The molecule has 1 aliphatic heterocycles. The third kappa shape index (κ3) is 2.44. The molecule has 0 aromatic heterocycles. The molecular formula is C16H15FN. The maximum atomic E-state index is 13.1. The smallest absolute Gasteiger partial charge is 0.123 e. The molecule has 1 heterocycles. The van der Waals surface area contributed by atoms with Crippen LogP contribution in [0, 0.1) is 11.9 Å². The van der Waals surface area contributed by atoms with Gasteiger partial charge in [0.2, 0.25) is 0 Å². The van der Waals surface area contributed by atoms with Crippen molar-refractivity contribution < 1.29 is 4.39 Å². The minimum atomic E-state index is -0.154. The molecule has 0 fully saturated rings. The highest BCUT2D eigenvalue weighted by Crippen LogP contribution is 2.20. The zero-order valence-electron chi connectivity index (χ0n) is 10.2. The predicted octanol–water partition coefficient (Wildman–Crippen LogP) is 3.18. The molecule has 0 aliphatic carbocycles. The molecule has 1 radical (unpaired) electrons. The summed E-state index contributed by atoms with van der Waals surface area (Å²) in [6.07, 6.45) is 1.07. The first kappa shape index (κ1) is 11.4. The van der Waals surface area contributed by atoms with E-state index >= 15 is 0 Å². The van der Waals surface area contributed by atoms with Crippen molar-refractivity contribution in [2.24, 2.45) is 0 Å². The highest BCUT2D eigenvalue weighted by Gasteiger charge is 2.15. The Morgan fingerprint density at radius 3 is 3.06 bits per heavy atom. The van der Waals surface area contributed by atoms with Crippen LogP contribution >= 0.6 is 0 Å². The van der Waals surface area contributed by atoms with Crippen LogP contribution in [-0.2, 0) is 19.5 Å². The van der Waals surface area contributed by atoms with E-state index in [-0.39, 0.29) is 5.82 Å². The van der Waals surface area contributed by atoms with Gasteiger partial charge in [-0.05, 0) is 47.4 Å². The Labute approximate surface area is 107 Å². The minimum absolute atomic E-state index is 0.154. The van der Waals surface area contributed by atoms with Crippen molar-refractivity contribution in [3.05, 3.63) is 71.0 Å². The summed E-state index contributed by atoms with van der Waals surface area (Å²) in [5, 5.41) is 0. The lowest BCUT2D eigenvalue weighted by Crippen LogP contribution is -2.29. The summed E-state index contributed by atoms with van der Waals surface area (Å²) < 4.78 is 13.1. The maximum Gasteiger partial charge on any atom is 0.123 e. The highest BCUT2D eigenvalue weighted by molar-refractivity contribution is 5.28. The van der Waals surface area contributed by atoms with Crippen molar-refractivity contribution in [3.8, 4) is 0 Å². The number of hydrogen-bond acceptors (Lipinski definition) is 1. The molecule has 2 aromatic carbocycles. The zero-order chi connectivity index (χ0) is 12.4. The molecule has 0 N–H and O–H groups in total. The molecular weight excluding hydrogens is 225 g/mol. The third-order valence-corrected chi connectivity index (χ3v) is 3.44. The second kappa shape index (κ2) is 4.91. The van der Waals surface area contributed by atoms with Crippen LogP contribution in [0.25, 0.3) is 0 Å². The average Bonchev–Trinajstić information content (AvgIpc) is 2.39. The summed E-state index contributed by atoms with van der Waals surface area (Å²) in [6, 6.07) is 16.2. The molecule has 0 unspecified atom stereocenters. The lowest BCUT2D eigenvalue weighted by molar-refractivity contribution is 0.245. The van der Waals surface area contributed by atoms with Gasteiger partial charge in [0.05, 0.1) is 0 Å². The molecule has 0 amide bonds. The van der Waals surface area contributed by atoms with Gasteiger partial charge in [0, 0.05) is 19.6 Å². The van der Waals surface area contributed by atoms with Crippen molar-refractivity contribution >= 4 is 0 Å². The number of halogens is 1. The number of fused-ring (bicyclic) bond motifs is 1. The summed E-state index contributed by atoms with van der Waals surface area (Å²) in [5.74, 6) is -0.154. The topological polar surface area (TPSA) is 3.24 Å². The SMILES string of the molecule is Fc1cccc(CN2CCc3cc[c]cc3C2)c1. The van der Waals surface area contributed by atoms with E-state index in [4.69, 9.17) is 0 Å². The maximum absolute atomic E-state index is 13.1. The van der Waals surface area contributed by atoms with Crippen LogP contribution in [0.2, 0.25) is 0 Å². The van der Waals surface area contributed by atoms with E-state index in [1.807, 2.05) is 12.1 Å². The van der Waals surface area contributed by atoms with Gasteiger partial charge in [-0.2, -0.15) is 0 Å². The van der Waals surface area contributed by atoms with E-state index in [0.717, 1.165) is 31.6 Å². The van der Waals surface area contributed by atoms with Crippen molar-refractivity contribution in [1.29, 1.82) is 0 Å². The quantitative estimate of drug-likeness (QED) is 0.779. The highest BCUT2D eigenvalue weighted by atomic mass is 19.1. The van der Waals surface area contributed by atoms with E-state index in [2.05, 4.69) is 23.1 Å².